The number of hydrogen-bond donors (Lipinski definition) is 0. The van der Waals surface area contributed by atoms with Gasteiger partial charge in [0.25, 0.3) is 0 Å². The van der Waals surface area contributed by atoms with E-state index in [4.69, 9.17) is 0 Å². The second-order valence-electron chi connectivity index (χ2n) is 5.28. The molecule has 1 heterocycles. The molecule has 0 spiro atoms. The molecule has 0 aromatic carbocycles. The van der Waals surface area contributed by atoms with Gasteiger partial charge < -0.3 is 4.90 Å². The summed E-state index contributed by atoms with van der Waals surface area (Å²) in [6.07, 6.45) is 7.09. The van der Waals surface area contributed by atoms with Crippen LogP contribution in [0, 0.1) is 11.8 Å². The Morgan fingerprint density at radius 3 is 2.79 bits per heavy atom. The molecule has 0 aromatic rings. The maximum Gasteiger partial charge on any atom is 0.000966 e. The van der Waals surface area contributed by atoms with E-state index in [1.807, 2.05) is 0 Å². The summed E-state index contributed by atoms with van der Waals surface area (Å²) in [4.78, 5) is 2.68. The lowest BCUT2D eigenvalue weighted by Crippen LogP contribution is -2.36. The van der Waals surface area contributed by atoms with Gasteiger partial charge in [0.1, 0.15) is 0 Å². The molecular formula is C13H27N. The van der Waals surface area contributed by atoms with Crippen LogP contribution < -0.4 is 0 Å². The van der Waals surface area contributed by atoms with Gasteiger partial charge in [-0.3, -0.25) is 0 Å². The van der Waals surface area contributed by atoms with E-state index in [0.29, 0.717) is 0 Å². The molecule has 0 bridgehead atoms. The van der Waals surface area contributed by atoms with Crippen molar-refractivity contribution in [2.75, 3.05) is 19.6 Å². The zero-order chi connectivity index (χ0) is 10.4. The third-order valence-electron chi connectivity index (χ3n) is 3.32. The Morgan fingerprint density at radius 1 is 1.36 bits per heavy atom. The molecule has 14 heavy (non-hydrogen) atoms. The molecule has 1 aliphatic heterocycles. The van der Waals surface area contributed by atoms with Crippen LogP contribution in [-0.2, 0) is 0 Å². The molecule has 1 nitrogen and oxygen atoms in total. The first-order valence-corrected chi connectivity index (χ1v) is 6.44. The van der Waals surface area contributed by atoms with Crippen LogP contribution in [0.3, 0.4) is 0 Å². The predicted molar refractivity (Wildman–Crippen MR) is 63.5 cm³/mol. The Labute approximate surface area is 89.9 Å². The first kappa shape index (κ1) is 12.0. The quantitative estimate of drug-likeness (QED) is 0.651. The van der Waals surface area contributed by atoms with E-state index in [-0.39, 0.29) is 0 Å². The van der Waals surface area contributed by atoms with Crippen molar-refractivity contribution in [2.24, 2.45) is 11.8 Å². The molecule has 0 N–H and O–H groups in total. The summed E-state index contributed by atoms with van der Waals surface area (Å²) in [5.41, 5.74) is 0. The van der Waals surface area contributed by atoms with E-state index >= 15 is 0 Å². The van der Waals surface area contributed by atoms with Gasteiger partial charge in [-0.1, -0.05) is 27.2 Å². The summed E-state index contributed by atoms with van der Waals surface area (Å²) in [5, 5.41) is 0. The lowest BCUT2D eigenvalue weighted by Gasteiger charge is -2.33. The molecule has 0 aliphatic carbocycles. The monoisotopic (exact) mass is 197 g/mol. The van der Waals surface area contributed by atoms with Crippen molar-refractivity contribution in [1.29, 1.82) is 0 Å². The summed E-state index contributed by atoms with van der Waals surface area (Å²) in [6, 6.07) is 0. The second kappa shape index (κ2) is 6.44. The molecule has 84 valence electrons. The average molecular weight is 197 g/mol. The highest BCUT2D eigenvalue weighted by Gasteiger charge is 2.18. The van der Waals surface area contributed by atoms with Gasteiger partial charge in [0.15, 0.2) is 0 Å². The molecule has 0 radical (unpaired) electrons. The normalized spacial score (nSPS) is 24.4. The molecule has 1 aliphatic rings. The summed E-state index contributed by atoms with van der Waals surface area (Å²) in [6.45, 7) is 11.0. The summed E-state index contributed by atoms with van der Waals surface area (Å²) >= 11 is 0. The second-order valence-corrected chi connectivity index (χ2v) is 5.28. The van der Waals surface area contributed by atoms with Gasteiger partial charge in [-0.15, -0.1) is 0 Å². The van der Waals surface area contributed by atoms with Gasteiger partial charge in [-0.05, 0) is 50.6 Å². The van der Waals surface area contributed by atoms with E-state index in [1.165, 1.54) is 51.7 Å². The fourth-order valence-corrected chi connectivity index (χ4v) is 2.44. The lowest BCUT2D eigenvalue weighted by molar-refractivity contribution is 0.161. The molecule has 0 saturated carbocycles. The van der Waals surface area contributed by atoms with E-state index in [0.717, 1.165) is 11.8 Å². The molecule has 1 atom stereocenters. The third-order valence-corrected chi connectivity index (χ3v) is 3.32. The summed E-state index contributed by atoms with van der Waals surface area (Å²) in [7, 11) is 0. The van der Waals surface area contributed by atoms with Crippen molar-refractivity contribution in [3.63, 3.8) is 0 Å². The first-order valence-electron chi connectivity index (χ1n) is 6.44. The van der Waals surface area contributed by atoms with Crippen LogP contribution in [-0.4, -0.2) is 24.5 Å². The van der Waals surface area contributed by atoms with Crippen LogP contribution in [0.25, 0.3) is 0 Å². The Kier molecular flexibility index (Phi) is 5.54. The molecule has 1 saturated heterocycles. The fraction of sp³-hybridized carbons (Fsp3) is 1.00. The predicted octanol–water partition coefficient (Wildman–Crippen LogP) is 3.54. The van der Waals surface area contributed by atoms with Crippen molar-refractivity contribution >= 4 is 0 Å². The number of hydrogen-bond acceptors (Lipinski definition) is 1. The Morgan fingerprint density at radius 2 is 2.14 bits per heavy atom. The summed E-state index contributed by atoms with van der Waals surface area (Å²) < 4.78 is 0. The van der Waals surface area contributed by atoms with Crippen LogP contribution >= 0.6 is 0 Å². The smallest absolute Gasteiger partial charge is 0.000966 e. The Hall–Kier alpha value is -0.0400. The van der Waals surface area contributed by atoms with E-state index in [2.05, 4.69) is 25.7 Å². The molecule has 1 unspecified atom stereocenters. The zero-order valence-corrected chi connectivity index (χ0v) is 10.3. The van der Waals surface area contributed by atoms with E-state index in [1.54, 1.807) is 0 Å². The minimum Gasteiger partial charge on any atom is -0.303 e. The fourth-order valence-electron chi connectivity index (χ4n) is 2.44. The molecule has 1 rings (SSSR count). The number of rotatable bonds is 5. The number of likely N-dealkylation sites (tertiary alicyclic amines) is 1. The van der Waals surface area contributed by atoms with Crippen LogP contribution in [0.1, 0.15) is 52.9 Å². The van der Waals surface area contributed by atoms with Crippen LogP contribution in [0.4, 0.5) is 0 Å². The molecule has 0 aromatic heterocycles. The molecule has 1 heteroatoms. The molecule has 1 fully saturated rings. The third kappa shape index (κ3) is 4.45. The highest BCUT2D eigenvalue weighted by Crippen LogP contribution is 2.21. The van der Waals surface area contributed by atoms with Crippen molar-refractivity contribution in [2.45, 2.75) is 52.9 Å². The van der Waals surface area contributed by atoms with Gasteiger partial charge in [-0.2, -0.15) is 0 Å². The minimum absolute atomic E-state index is 0.863. The molecular weight excluding hydrogens is 170 g/mol. The largest absolute Gasteiger partial charge is 0.303 e. The maximum absolute atomic E-state index is 2.68. The Bertz CT molecular complexity index is 140. The van der Waals surface area contributed by atoms with Crippen LogP contribution in [0.5, 0.6) is 0 Å². The van der Waals surface area contributed by atoms with Crippen molar-refractivity contribution < 1.29 is 0 Å². The maximum atomic E-state index is 2.68. The highest BCUT2D eigenvalue weighted by atomic mass is 15.1. The minimum atomic E-state index is 0.863. The van der Waals surface area contributed by atoms with Gasteiger partial charge in [0.2, 0.25) is 0 Å². The topological polar surface area (TPSA) is 3.24 Å². The first-order chi connectivity index (χ1) is 6.72. The Balaban J connectivity index is 2.18. The number of piperidine rings is 1. The van der Waals surface area contributed by atoms with E-state index in [9.17, 15) is 0 Å². The van der Waals surface area contributed by atoms with Gasteiger partial charge in [0.05, 0.1) is 0 Å². The van der Waals surface area contributed by atoms with E-state index < -0.39 is 0 Å². The SMILES string of the molecule is CCCC1CCCN(CCC(C)C)C1. The number of nitrogens with zero attached hydrogens (tertiary/aromatic N) is 1. The van der Waals surface area contributed by atoms with Crippen LogP contribution in [0.15, 0.2) is 0 Å². The summed E-state index contributed by atoms with van der Waals surface area (Å²) in [5.74, 6) is 1.86. The van der Waals surface area contributed by atoms with Gasteiger partial charge in [-0.25, -0.2) is 0 Å². The van der Waals surface area contributed by atoms with Crippen molar-refractivity contribution in [3.05, 3.63) is 0 Å². The highest BCUT2D eigenvalue weighted by molar-refractivity contribution is 4.72. The molecule has 0 amide bonds. The van der Waals surface area contributed by atoms with Crippen LogP contribution in [0.2, 0.25) is 0 Å². The van der Waals surface area contributed by atoms with Crippen molar-refractivity contribution in [3.8, 4) is 0 Å². The standard InChI is InChI=1S/C13H27N/c1-4-6-13-7-5-9-14(11-13)10-8-12(2)3/h12-13H,4-11H2,1-3H3. The van der Waals surface area contributed by atoms with Gasteiger partial charge in [0, 0.05) is 6.54 Å². The lowest BCUT2D eigenvalue weighted by atomic mass is 9.93. The van der Waals surface area contributed by atoms with Gasteiger partial charge >= 0.3 is 0 Å². The zero-order valence-electron chi connectivity index (χ0n) is 10.3. The van der Waals surface area contributed by atoms with Crippen molar-refractivity contribution in [1.82, 2.24) is 4.90 Å². The average Bonchev–Trinajstić information content (AvgIpc) is 2.16.